The van der Waals surface area contributed by atoms with E-state index in [-0.39, 0.29) is 17.9 Å². The van der Waals surface area contributed by atoms with Crippen molar-refractivity contribution in [3.05, 3.63) is 90.0 Å². The number of aryl methyl sites for hydroxylation is 1. The van der Waals surface area contributed by atoms with Gasteiger partial charge in [-0.05, 0) is 42.7 Å². The van der Waals surface area contributed by atoms with Crippen LogP contribution in [0.1, 0.15) is 32.8 Å². The Morgan fingerprint density at radius 3 is 2.69 bits per heavy atom. The third kappa shape index (κ3) is 4.56. The van der Waals surface area contributed by atoms with Crippen LogP contribution < -0.4 is 5.32 Å². The van der Waals surface area contributed by atoms with E-state index in [1.54, 1.807) is 27.9 Å². The molecule has 0 saturated heterocycles. The minimum atomic E-state index is -0.118. The van der Waals surface area contributed by atoms with E-state index in [9.17, 15) is 9.59 Å². The number of amides is 2. The smallest absolute Gasteiger partial charge is 0.267 e. The Morgan fingerprint density at radius 1 is 1.12 bits per heavy atom. The summed E-state index contributed by atoms with van der Waals surface area (Å²) in [6, 6.07) is 17.4. The second kappa shape index (κ2) is 9.51. The number of hydrogen-bond donors (Lipinski definition) is 2. The Hall–Kier alpha value is -3.87. The highest BCUT2D eigenvalue weighted by molar-refractivity contribution is 6.05. The molecule has 2 amide bonds. The van der Waals surface area contributed by atoms with Gasteiger partial charge in [-0.2, -0.15) is 0 Å². The number of fused-ring (bicyclic) bond motifs is 1. The third-order valence-corrected chi connectivity index (χ3v) is 5.80. The summed E-state index contributed by atoms with van der Waals surface area (Å²) in [4.78, 5) is 35.0. The number of nitrogens with one attached hydrogen (secondary N) is 2. The van der Waals surface area contributed by atoms with Crippen LogP contribution in [0.15, 0.2) is 73.2 Å². The minimum absolute atomic E-state index is 0.0704. The van der Waals surface area contributed by atoms with Gasteiger partial charge < -0.3 is 19.8 Å². The van der Waals surface area contributed by atoms with Crippen molar-refractivity contribution in [1.82, 2.24) is 24.8 Å². The van der Waals surface area contributed by atoms with Gasteiger partial charge in [-0.3, -0.25) is 9.59 Å². The first kappa shape index (κ1) is 21.4. The molecule has 0 aliphatic rings. The summed E-state index contributed by atoms with van der Waals surface area (Å²) in [5.74, 6) is -0.188. The highest BCUT2D eigenvalue weighted by Crippen LogP contribution is 2.20. The predicted octanol–water partition coefficient (Wildman–Crippen LogP) is 3.40. The van der Waals surface area contributed by atoms with Gasteiger partial charge >= 0.3 is 0 Å². The molecule has 1 aromatic carbocycles. The van der Waals surface area contributed by atoms with Gasteiger partial charge in [0.05, 0.1) is 5.56 Å². The van der Waals surface area contributed by atoms with E-state index in [0.717, 1.165) is 10.9 Å². The minimum Gasteiger partial charge on any atom is -0.351 e. The molecule has 0 fully saturated rings. The number of likely N-dealkylation sites (N-methyl/N-ethyl adjacent to an activating group) is 1. The van der Waals surface area contributed by atoms with Gasteiger partial charge in [0.15, 0.2) is 0 Å². The molecule has 2 N–H and O–H groups in total. The fourth-order valence-corrected chi connectivity index (χ4v) is 3.95. The molecule has 32 heavy (non-hydrogen) atoms. The molecule has 7 nitrogen and oxygen atoms in total. The average molecular weight is 430 g/mol. The van der Waals surface area contributed by atoms with Crippen LogP contribution in [0, 0.1) is 0 Å². The Labute approximate surface area is 187 Å². The molecule has 0 saturated carbocycles. The van der Waals surface area contributed by atoms with Crippen LogP contribution in [0.2, 0.25) is 0 Å². The summed E-state index contributed by atoms with van der Waals surface area (Å²) in [7, 11) is 3.67. The number of hydrogen-bond acceptors (Lipinski definition) is 3. The van der Waals surface area contributed by atoms with Crippen molar-refractivity contribution in [2.75, 3.05) is 13.6 Å². The van der Waals surface area contributed by atoms with E-state index in [4.69, 9.17) is 0 Å². The lowest BCUT2D eigenvalue weighted by atomic mass is 10.0. The number of carbonyl (C=O) groups excluding carboxylic acids is 2. The Balaban J connectivity index is 1.49. The van der Waals surface area contributed by atoms with Gasteiger partial charge in [-0.25, -0.2) is 4.98 Å². The summed E-state index contributed by atoms with van der Waals surface area (Å²) in [5, 5.41) is 3.79. The summed E-state index contributed by atoms with van der Waals surface area (Å²) >= 11 is 0. The first-order chi connectivity index (χ1) is 15.5. The second-order valence-electron chi connectivity index (χ2n) is 7.91. The van der Waals surface area contributed by atoms with E-state index >= 15 is 0 Å². The molecular weight excluding hydrogens is 402 g/mol. The van der Waals surface area contributed by atoms with Crippen molar-refractivity contribution in [3.8, 4) is 0 Å². The van der Waals surface area contributed by atoms with Crippen LogP contribution in [0.4, 0.5) is 0 Å². The maximum atomic E-state index is 13.4. The van der Waals surface area contributed by atoms with Gasteiger partial charge in [-0.15, -0.1) is 0 Å². The lowest BCUT2D eigenvalue weighted by Gasteiger charge is -2.28. The first-order valence-electron chi connectivity index (χ1n) is 10.7. The highest BCUT2D eigenvalue weighted by Gasteiger charge is 2.24. The number of pyridine rings is 1. The molecule has 4 aromatic rings. The molecular formula is C25H27N5O2. The van der Waals surface area contributed by atoms with Gasteiger partial charge in [0.2, 0.25) is 0 Å². The predicted molar refractivity (Wildman–Crippen MR) is 124 cm³/mol. The standard InChI is InChI=1S/C25H27N5O2/c1-29-15-7-11-22(29)24(31)27-14-12-19(16-18-8-4-3-5-9-18)30(2)25(32)21-17-28-23-20(21)10-6-13-26-23/h3-11,13,15,17,19H,12,14,16H2,1-2H3,(H,26,28)(H,27,31). The van der Waals surface area contributed by atoms with Crippen LogP contribution in [0.5, 0.6) is 0 Å². The lowest BCUT2D eigenvalue weighted by Crippen LogP contribution is -2.41. The maximum absolute atomic E-state index is 13.4. The zero-order valence-corrected chi connectivity index (χ0v) is 18.3. The van der Waals surface area contributed by atoms with Crippen molar-refractivity contribution in [1.29, 1.82) is 0 Å². The zero-order valence-electron chi connectivity index (χ0n) is 18.3. The van der Waals surface area contributed by atoms with Crippen molar-refractivity contribution in [3.63, 3.8) is 0 Å². The number of aromatic nitrogens is 3. The van der Waals surface area contributed by atoms with Gasteiger partial charge in [0.25, 0.3) is 11.8 Å². The molecule has 0 aliphatic carbocycles. The quantitative estimate of drug-likeness (QED) is 0.450. The van der Waals surface area contributed by atoms with Crippen LogP contribution in [-0.4, -0.2) is 50.9 Å². The van der Waals surface area contributed by atoms with Gasteiger partial charge in [0, 0.05) is 50.7 Å². The lowest BCUT2D eigenvalue weighted by molar-refractivity contribution is 0.0725. The number of carbonyl (C=O) groups is 2. The zero-order chi connectivity index (χ0) is 22.5. The highest BCUT2D eigenvalue weighted by atomic mass is 16.2. The number of aromatic amines is 1. The number of H-pyrrole nitrogens is 1. The fraction of sp³-hybridized carbons (Fsp3) is 0.240. The average Bonchev–Trinajstić information content (AvgIpc) is 3.44. The van der Waals surface area contributed by atoms with E-state index in [2.05, 4.69) is 27.4 Å². The molecule has 4 rings (SSSR count). The molecule has 7 heteroatoms. The summed E-state index contributed by atoms with van der Waals surface area (Å²) in [6.45, 7) is 0.467. The Kier molecular flexibility index (Phi) is 6.35. The van der Waals surface area contributed by atoms with E-state index in [1.165, 1.54) is 0 Å². The molecule has 1 unspecified atom stereocenters. The van der Waals surface area contributed by atoms with E-state index in [1.807, 2.05) is 56.7 Å². The normalized spacial score (nSPS) is 11.9. The third-order valence-electron chi connectivity index (χ3n) is 5.80. The second-order valence-corrected chi connectivity index (χ2v) is 7.91. The van der Waals surface area contributed by atoms with Gasteiger partial charge in [0.1, 0.15) is 11.3 Å². The van der Waals surface area contributed by atoms with Gasteiger partial charge in [-0.1, -0.05) is 30.3 Å². The number of benzene rings is 1. The SMILES string of the molecule is CN(C(=O)c1c[nH]c2ncccc12)C(CCNC(=O)c1cccn1C)Cc1ccccc1. The molecule has 0 radical (unpaired) electrons. The van der Waals surface area contributed by atoms with Crippen molar-refractivity contribution in [2.24, 2.45) is 7.05 Å². The van der Waals surface area contributed by atoms with Crippen molar-refractivity contribution < 1.29 is 9.59 Å². The maximum Gasteiger partial charge on any atom is 0.267 e. The monoisotopic (exact) mass is 429 g/mol. The fourth-order valence-electron chi connectivity index (χ4n) is 3.95. The molecule has 3 heterocycles. The molecule has 1 atom stereocenters. The van der Waals surface area contributed by atoms with E-state index < -0.39 is 0 Å². The molecule has 164 valence electrons. The van der Waals surface area contributed by atoms with Crippen LogP contribution >= 0.6 is 0 Å². The molecule has 0 aliphatic heterocycles. The Bertz CT molecular complexity index is 1210. The summed E-state index contributed by atoms with van der Waals surface area (Å²) < 4.78 is 1.79. The number of rotatable bonds is 8. The van der Waals surface area contributed by atoms with Crippen LogP contribution in [0.3, 0.4) is 0 Å². The largest absolute Gasteiger partial charge is 0.351 e. The molecule has 0 bridgehead atoms. The number of nitrogens with zero attached hydrogens (tertiary/aromatic N) is 3. The van der Waals surface area contributed by atoms with Crippen LogP contribution in [0.25, 0.3) is 11.0 Å². The Morgan fingerprint density at radius 2 is 1.94 bits per heavy atom. The van der Waals surface area contributed by atoms with Crippen molar-refractivity contribution in [2.45, 2.75) is 18.9 Å². The van der Waals surface area contributed by atoms with Crippen LogP contribution in [-0.2, 0) is 13.5 Å². The molecule has 3 aromatic heterocycles. The van der Waals surface area contributed by atoms with Crippen molar-refractivity contribution >= 4 is 22.8 Å². The van der Waals surface area contributed by atoms with E-state index in [0.29, 0.717) is 36.3 Å². The first-order valence-corrected chi connectivity index (χ1v) is 10.7. The summed E-state index contributed by atoms with van der Waals surface area (Å²) in [6.07, 6.45) is 6.59. The molecule has 0 spiro atoms. The summed E-state index contributed by atoms with van der Waals surface area (Å²) in [5.41, 5.74) is 3.05. The topological polar surface area (TPSA) is 83.0 Å².